The summed E-state index contributed by atoms with van der Waals surface area (Å²) in [6.45, 7) is 6.86. The highest BCUT2D eigenvalue weighted by atomic mass is 16.5. The van der Waals surface area contributed by atoms with Crippen molar-refractivity contribution in [2.45, 2.75) is 26.9 Å². The van der Waals surface area contributed by atoms with Crippen molar-refractivity contribution in [2.24, 2.45) is 0 Å². The molecule has 0 saturated carbocycles. The zero-order valence-electron chi connectivity index (χ0n) is 12.5. The molecule has 0 aromatic heterocycles. The number of rotatable bonds is 6. The number of methoxy groups -OCH3 is 1. The molecule has 0 aliphatic carbocycles. The maximum Gasteiger partial charge on any atom is 0.253 e. The third-order valence-corrected chi connectivity index (χ3v) is 3.15. The second-order valence-corrected chi connectivity index (χ2v) is 4.43. The van der Waals surface area contributed by atoms with Gasteiger partial charge in [-0.25, -0.2) is 0 Å². The molecule has 0 bridgehead atoms. The van der Waals surface area contributed by atoms with Crippen LogP contribution in [0, 0.1) is 0 Å². The van der Waals surface area contributed by atoms with E-state index < -0.39 is 6.10 Å². The van der Waals surface area contributed by atoms with Crippen LogP contribution in [0.3, 0.4) is 0 Å². The summed E-state index contributed by atoms with van der Waals surface area (Å²) in [6, 6.07) is 6.93. The summed E-state index contributed by atoms with van der Waals surface area (Å²) in [5.41, 5.74) is 1.16. The molecular formula is C15H22N2O3. The SMILES string of the molecule is CCN(CC)C(=O)c1cccc(NC(=O)C(C)OC)c1. The highest BCUT2D eigenvalue weighted by Gasteiger charge is 2.15. The predicted octanol–water partition coefficient (Wildman–Crippen LogP) is 2.14. The summed E-state index contributed by atoms with van der Waals surface area (Å²) in [7, 11) is 1.48. The second-order valence-electron chi connectivity index (χ2n) is 4.43. The molecule has 1 N–H and O–H groups in total. The molecule has 5 nitrogen and oxygen atoms in total. The van der Waals surface area contributed by atoms with Gasteiger partial charge in [0.1, 0.15) is 6.10 Å². The third kappa shape index (κ3) is 4.06. The molecule has 5 heteroatoms. The lowest BCUT2D eigenvalue weighted by Crippen LogP contribution is -2.30. The van der Waals surface area contributed by atoms with Gasteiger partial charge in [-0.3, -0.25) is 9.59 Å². The molecule has 0 heterocycles. The van der Waals surface area contributed by atoms with Gasteiger partial charge in [-0.2, -0.15) is 0 Å². The summed E-state index contributed by atoms with van der Waals surface area (Å²) < 4.78 is 4.95. The van der Waals surface area contributed by atoms with Crippen molar-refractivity contribution in [1.29, 1.82) is 0 Å². The molecule has 1 atom stereocenters. The lowest BCUT2D eigenvalue weighted by molar-refractivity contribution is -0.124. The van der Waals surface area contributed by atoms with Crippen LogP contribution in [0.15, 0.2) is 24.3 Å². The molecule has 0 spiro atoms. The summed E-state index contributed by atoms with van der Waals surface area (Å²) in [5.74, 6) is -0.272. The van der Waals surface area contributed by atoms with Gasteiger partial charge in [-0.15, -0.1) is 0 Å². The molecule has 0 aliphatic heterocycles. The van der Waals surface area contributed by atoms with Crippen molar-refractivity contribution >= 4 is 17.5 Å². The zero-order chi connectivity index (χ0) is 15.1. The van der Waals surface area contributed by atoms with Crippen LogP contribution < -0.4 is 5.32 Å². The first-order valence-electron chi connectivity index (χ1n) is 6.76. The van der Waals surface area contributed by atoms with E-state index in [1.807, 2.05) is 13.8 Å². The standard InChI is InChI=1S/C15H22N2O3/c1-5-17(6-2)15(19)12-8-7-9-13(10-12)16-14(18)11(3)20-4/h7-11H,5-6H2,1-4H3,(H,16,18). The van der Waals surface area contributed by atoms with Crippen molar-refractivity contribution in [3.63, 3.8) is 0 Å². The first kappa shape index (κ1) is 16.2. The Morgan fingerprint density at radius 2 is 1.95 bits per heavy atom. The molecule has 0 aliphatic rings. The number of hydrogen-bond donors (Lipinski definition) is 1. The fourth-order valence-electron chi connectivity index (χ4n) is 1.77. The van der Waals surface area contributed by atoms with Gasteiger partial charge in [-0.1, -0.05) is 6.07 Å². The van der Waals surface area contributed by atoms with Crippen LogP contribution in [0.5, 0.6) is 0 Å². The smallest absolute Gasteiger partial charge is 0.253 e. The van der Waals surface area contributed by atoms with E-state index in [2.05, 4.69) is 5.32 Å². The van der Waals surface area contributed by atoms with Crippen LogP contribution in [0.1, 0.15) is 31.1 Å². The normalized spacial score (nSPS) is 11.8. The van der Waals surface area contributed by atoms with Gasteiger partial charge >= 0.3 is 0 Å². The summed E-state index contributed by atoms with van der Waals surface area (Å²) in [4.78, 5) is 25.7. The highest BCUT2D eigenvalue weighted by Crippen LogP contribution is 2.13. The number of amides is 2. The van der Waals surface area contributed by atoms with Gasteiger partial charge in [0.25, 0.3) is 11.8 Å². The van der Waals surface area contributed by atoms with E-state index in [9.17, 15) is 9.59 Å². The predicted molar refractivity (Wildman–Crippen MR) is 78.8 cm³/mol. The number of nitrogens with one attached hydrogen (secondary N) is 1. The molecule has 1 aromatic carbocycles. The number of nitrogens with zero attached hydrogens (tertiary/aromatic N) is 1. The van der Waals surface area contributed by atoms with E-state index in [0.717, 1.165) is 0 Å². The lowest BCUT2D eigenvalue weighted by Gasteiger charge is -2.19. The van der Waals surface area contributed by atoms with Gasteiger partial charge in [-0.05, 0) is 39.0 Å². The molecule has 0 radical (unpaired) electrons. The Hall–Kier alpha value is -1.88. The Morgan fingerprint density at radius 1 is 1.30 bits per heavy atom. The van der Waals surface area contributed by atoms with E-state index in [4.69, 9.17) is 4.74 Å². The maximum absolute atomic E-state index is 12.2. The molecule has 1 rings (SSSR count). The first-order valence-corrected chi connectivity index (χ1v) is 6.76. The second kappa shape index (κ2) is 7.65. The van der Waals surface area contributed by atoms with Gasteiger partial charge in [0, 0.05) is 31.5 Å². The zero-order valence-corrected chi connectivity index (χ0v) is 12.5. The summed E-state index contributed by atoms with van der Waals surface area (Å²) in [6.07, 6.45) is -0.530. The van der Waals surface area contributed by atoms with Crippen molar-refractivity contribution in [2.75, 3.05) is 25.5 Å². The van der Waals surface area contributed by atoms with E-state index >= 15 is 0 Å². The molecule has 1 unspecified atom stereocenters. The Bertz CT molecular complexity index is 470. The Labute approximate surface area is 119 Å². The number of anilines is 1. The first-order chi connectivity index (χ1) is 9.53. The largest absolute Gasteiger partial charge is 0.372 e. The van der Waals surface area contributed by atoms with Crippen molar-refractivity contribution in [3.05, 3.63) is 29.8 Å². The van der Waals surface area contributed by atoms with Gasteiger partial charge in [0.15, 0.2) is 0 Å². The molecule has 20 heavy (non-hydrogen) atoms. The van der Waals surface area contributed by atoms with E-state index in [1.165, 1.54) is 7.11 Å². The molecule has 1 aromatic rings. The minimum atomic E-state index is -0.530. The van der Waals surface area contributed by atoms with E-state index in [0.29, 0.717) is 24.3 Å². The van der Waals surface area contributed by atoms with Gasteiger partial charge in [0.05, 0.1) is 0 Å². The number of hydrogen-bond acceptors (Lipinski definition) is 3. The van der Waals surface area contributed by atoms with Crippen LogP contribution >= 0.6 is 0 Å². The van der Waals surface area contributed by atoms with Crippen LogP contribution in [0.4, 0.5) is 5.69 Å². The molecule has 110 valence electrons. The highest BCUT2D eigenvalue weighted by molar-refractivity contribution is 5.98. The minimum absolute atomic E-state index is 0.0362. The average molecular weight is 278 g/mol. The Balaban J connectivity index is 2.85. The Morgan fingerprint density at radius 3 is 2.50 bits per heavy atom. The number of benzene rings is 1. The summed E-state index contributed by atoms with van der Waals surface area (Å²) in [5, 5.41) is 2.73. The molecule has 0 saturated heterocycles. The topological polar surface area (TPSA) is 58.6 Å². The minimum Gasteiger partial charge on any atom is -0.372 e. The van der Waals surface area contributed by atoms with E-state index in [1.54, 1.807) is 36.1 Å². The van der Waals surface area contributed by atoms with Gasteiger partial charge < -0.3 is 15.0 Å². The summed E-state index contributed by atoms with van der Waals surface area (Å²) >= 11 is 0. The Kier molecular flexibility index (Phi) is 6.18. The fourth-order valence-corrected chi connectivity index (χ4v) is 1.77. The van der Waals surface area contributed by atoms with Crippen LogP contribution in [-0.4, -0.2) is 43.0 Å². The quantitative estimate of drug-likeness (QED) is 0.867. The number of ether oxygens (including phenoxy) is 1. The monoisotopic (exact) mass is 278 g/mol. The van der Waals surface area contributed by atoms with E-state index in [-0.39, 0.29) is 11.8 Å². The number of carbonyl (C=O) groups excluding carboxylic acids is 2. The molecular weight excluding hydrogens is 256 g/mol. The maximum atomic E-state index is 12.2. The van der Waals surface area contributed by atoms with Crippen molar-refractivity contribution in [3.8, 4) is 0 Å². The fraction of sp³-hybridized carbons (Fsp3) is 0.467. The van der Waals surface area contributed by atoms with Crippen molar-refractivity contribution in [1.82, 2.24) is 4.90 Å². The van der Waals surface area contributed by atoms with Gasteiger partial charge in [0.2, 0.25) is 0 Å². The lowest BCUT2D eigenvalue weighted by atomic mass is 10.1. The molecule has 2 amide bonds. The van der Waals surface area contributed by atoms with Crippen LogP contribution in [-0.2, 0) is 9.53 Å². The van der Waals surface area contributed by atoms with Crippen LogP contribution in [0.25, 0.3) is 0 Å². The molecule has 0 fully saturated rings. The third-order valence-electron chi connectivity index (χ3n) is 3.15. The average Bonchev–Trinajstić information content (AvgIpc) is 2.47. The number of carbonyl (C=O) groups is 2. The van der Waals surface area contributed by atoms with Crippen LogP contribution in [0.2, 0.25) is 0 Å². The van der Waals surface area contributed by atoms with Crippen molar-refractivity contribution < 1.29 is 14.3 Å².